The molecule has 0 fully saturated rings. The molecular weight excluding hydrogens is 350 g/mol. The molecule has 1 aromatic heterocycles. The van der Waals surface area contributed by atoms with E-state index in [1.807, 2.05) is 38.1 Å². The fourth-order valence-corrected chi connectivity index (χ4v) is 2.82. The van der Waals surface area contributed by atoms with Gasteiger partial charge in [0.05, 0.1) is 11.7 Å². The van der Waals surface area contributed by atoms with Crippen molar-refractivity contribution in [3.63, 3.8) is 0 Å². The second-order valence-corrected chi connectivity index (χ2v) is 6.52. The summed E-state index contributed by atoms with van der Waals surface area (Å²) in [6.07, 6.45) is 3.42. The number of aromatic amines is 1. The van der Waals surface area contributed by atoms with Gasteiger partial charge in [-0.15, -0.1) is 0 Å². The first-order valence-corrected chi connectivity index (χ1v) is 8.74. The zero-order valence-electron chi connectivity index (χ0n) is 14.6. The lowest BCUT2D eigenvalue weighted by atomic mass is 10.1. The summed E-state index contributed by atoms with van der Waals surface area (Å²) >= 11 is 6.10. The first kappa shape index (κ1) is 18.0. The van der Waals surface area contributed by atoms with Gasteiger partial charge in [-0.3, -0.25) is 4.79 Å². The van der Waals surface area contributed by atoms with Crippen molar-refractivity contribution in [1.82, 2.24) is 15.3 Å². The Kier molecular flexibility index (Phi) is 5.58. The number of nitrogens with one attached hydrogen (secondary N) is 2. The fraction of sp³-hybridized carbons (Fsp3) is 0.200. The minimum absolute atomic E-state index is 0.0327. The van der Waals surface area contributed by atoms with Crippen LogP contribution in [0.15, 0.2) is 54.9 Å². The van der Waals surface area contributed by atoms with Crippen molar-refractivity contribution in [1.29, 1.82) is 0 Å². The molecular formula is C20H20ClN3O2. The van der Waals surface area contributed by atoms with Gasteiger partial charge in [-0.25, -0.2) is 4.98 Å². The van der Waals surface area contributed by atoms with E-state index in [1.165, 1.54) is 0 Å². The van der Waals surface area contributed by atoms with Crippen LogP contribution in [-0.4, -0.2) is 22.0 Å². The summed E-state index contributed by atoms with van der Waals surface area (Å²) in [4.78, 5) is 20.0. The molecule has 3 rings (SSSR count). The SMILES string of the molecule is CC(C)Oc1ccc(Cl)cc1CNC(=O)c1ccccc1-c1ncc[nH]1. The number of aromatic nitrogens is 2. The van der Waals surface area contributed by atoms with E-state index in [-0.39, 0.29) is 12.0 Å². The third kappa shape index (κ3) is 4.24. The number of imidazole rings is 1. The molecule has 2 N–H and O–H groups in total. The van der Waals surface area contributed by atoms with E-state index >= 15 is 0 Å². The van der Waals surface area contributed by atoms with Gasteiger partial charge in [0.1, 0.15) is 11.6 Å². The Morgan fingerprint density at radius 1 is 1.27 bits per heavy atom. The van der Waals surface area contributed by atoms with Crippen LogP contribution in [0, 0.1) is 0 Å². The third-order valence-corrected chi connectivity index (χ3v) is 3.98. The number of ether oxygens (including phenoxy) is 1. The summed E-state index contributed by atoms with van der Waals surface area (Å²) in [6.45, 7) is 4.22. The highest BCUT2D eigenvalue weighted by Crippen LogP contribution is 2.25. The highest BCUT2D eigenvalue weighted by Gasteiger charge is 2.15. The van der Waals surface area contributed by atoms with Crippen molar-refractivity contribution in [2.75, 3.05) is 0 Å². The van der Waals surface area contributed by atoms with Gasteiger partial charge in [-0.05, 0) is 38.1 Å². The van der Waals surface area contributed by atoms with Crippen molar-refractivity contribution in [2.24, 2.45) is 0 Å². The topological polar surface area (TPSA) is 67.0 Å². The molecule has 0 aliphatic carbocycles. The highest BCUT2D eigenvalue weighted by molar-refractivity contribution is 6.30. The predicted molar refractivity (Wildman–Crippen MR) is 102 cm³/mol. The summed E-state index contributed by atoms with van der Waals surface area (Å²) < 4.78 is 5.80. The molecule has 0 radical (unpaired) electrons. The smallest absolute Gasteiger partial charge is 0.252 e. The molecule has 1 heterocycles. The Labute approximate surface area is 157 Å². The van der Waals surface area contributed by atoms with Crippen LogP contribution in [0.2, 0.25) is 5.02 Å². The fourth-order valence-electron chi connectivity index (χ4n) is 2.63. The molecule has 6 heteroatoms. The van der Waals surface area contributed by atoms with Crippen LogP contribution in [-0.2, 0) is 6.54 Å². The van der Waals surface area contributed by atoms with Crippen LogP contribution in [0.1, 0.15) is 29.8 Å². The van der Waals surface area contributed by atoms with Crippen LogP contribution in [0.4, 0.5) is 0 Å². The maximum absolute atomic E-state index is 12.7. The number of hydrogen-bond acceptors (Lipinski definition) is 3. The Balaban J connectivity index is 1.79. The Morgan fingerprint density at radius 2 is 2.08 bits per heavy atom. The Hall–Kier alpha value is -2.79. The van der Waals surface area contributed by atoms with Crippen molar-refractivity contribution < 1.29 is 9.53 Å². The van der Waals surface area contributed by atoms with Crippen molar-refractivity contribution in [3.8, 4) is 17.1 Å². The standard InChI is InChI=1S/C20H20ClN3O2/c1-13(2)26-18-8-7-15(21)11-14(18)12-24-20(25)17-6-4-3-5-16(17)19-22-9-10-23-19/h3-11,13H,12H2,1-2H3,(H,22,23)(H,24,25). The van der Waals surface area contributed by atoms with E-state index in [2.05, 4.69) is 15.3 Å². The molecule has 26 heavy (non-hydrogen) atoms. The number of halogens is 1. The molecule has 0 aliphatic heterocycles. The second-order valence-electron chi connectivity index (χ2n) is 6.08. The van der Waals surface area contributed by atoms with Crippen LogP contribution in [0.5, 0.6) is 5.75 Å². The molecule has 0 atom stereocenters. The lowest BCUT2D eigenvalue weighted by Gasteiger charge is -2.15. The summed E-state index contributed by atoms with van der Waals surface area (Å²) in [5, 5.41) is 3.54. The van der Waals surface area contributed by atoms with E-state index in [4.69, 9.17) is 16.3 Å². The van der Waals surface area contributed by atoms with Gasteiger partial charge in [0.2, 0.25) is 0 Å². The third-order valence-electron chi connectivity index (χ3n) is 3.75. The van der Waals surface area contributed by atoms with Crippen LogP contribution in [0.3, 0.4) is 0 Å². The molecule has 0 saturated heterocycles. The quantitative estimate of drug-likeness (QED) is 0.674. The molecule has 5 nitrogen and oxygen atoms in total. The van der Waals surface area contributed by atoms with Crippen LogP contribution in [0.25, 0.3) is 11.4 Å². The molecule has 0 saturated carbocycles. The molecule has 0 unspecified atom stereocenters. The minimum Gasteiger partial charge on any atom is -0.491 e. The van der Waals surface area contributed by atoms with Gasteiger partial charge in [0.25, 0.3) is 5.91 Å². The predicted octanol–water partition coefficient (Wildman–Crippen LogP) is 4.45. The molecule has 0 aliphatic rings. The normalized spacial score (nSPS) is 10.8. The number of hydrogen-bond donors (Lipinski definition) is 2. The molecule has 0 spiro atoms. The van der Waals surface area contributed by atoms with E-state index in [9.17, 15) is 4.79 Å². The van der Waals surface area contributed by atoms with Crippen molar-refractivity contribution in [3.05, 3.63) is 71.0 Å². The average Bonchev–Trinajstić information content (AvgIpc) is 3.16. The molecule has 1 amide bonds. The van der Waals surface area contributed by atoms with Crippen molar-refractivity contribution in [2.45, 2.75) is 26.5 Å². The zero-order chi connectivity index (χ0) is 18.5. The number of carbonyl (C=O) groups is 1. The van der Waals surface area contributed by atoms with Crippen molar-refractivity contribution >= 4 is 17.5 Å². The van der Waals surface area contributed by atoms with Crippen LogP contribution < -0.4 is 10.1 Å². The number of benzene rings is 2. The first-order valence-electron chi connectivity index (χ1n) is 8.36. The monoisotopic (exact) mass is 369 g/mol. The maximum Gasteiger partial charge on any atom is 0.252 e. The number of H-pyrrole nitrogens is 1. The average molecular weight is 370 g/mol. The number of rotatable bonds is 6. The zero-order valence-corrected chi connectivity index (χ0v) is 15.4. The van der Waals surface area contributed by atoms with Gasteiger partial charge in [-0.2, -0.15) is 0 Å². The van der Waals surface area contributed by atoms with E-state index in [0.717, 1.165) is 11.1 Å². The number of amides is 1. The summed E-state index contributed by atoms with van der Waals surface area (Å²) in [7, 11) is 0. The maximum atomic E-state index is 12.7. The number of carbonyl (C=O) groups excluding carboxylic acids is 1. The lowest BCUT2D eigenvalue weighted by molar-refractivity contribution is 0.0951. The highest BCUT2D eigenvalue weighted by atomic mass is 35.5. The summed E-state index contributed by atoms with van der Waals surface area (Å²) in [5.74, 6) is 1.18. The van der Waals surface area contributed by atoms with Gasteiger partial charge in [0.15, 0.2) is 0 Å². The van der Waals surface area contributed by atoms with Gasteiger partial charge in [0, 0.05) is 35.1 Å². The minimum atomic E-state index is -0.188. The Bertz CT molecular complexity index is 892. The molecule has 2 aromatic carbocycles. The molecule has 0 bridgehead atoms. The van der Waals surface area contributed by atoms with E-state index < -0.39 is 0 Å². The summed E-state index contributed by atoms with van der Waals surface area (Å²) in [6, 6.07) is 12.7. The Morgan fingerprint density at radius 3 is 2.81 bits per heavy atom. The van der Waals surface area contributed by atoms with Gasteiger partial charge in [-0.1, -0.05) is 29.8 Å². The van der Waals surface area contributed by atoms with E-state index in [1.54, 1.807) is 30.6 Å². The molecule has 3 aromatic rings. The van der Waals surface area contributed by atoms with Gasteiger partial charge < -0.3 is 15.0 Å². The largest absolute Gasteiger partial charge is 0.491 e. The van der Waals surface area contributed by atoms with Crippen LogP contribution >= 0.6 is 11.6 Å². The second kappa shape index (κ2) is 8.06. The molecule has 134 valence electrons. The first-order chi connectivity index (χ1) is 12.5. The summed E-state index contributed by atoms with van der Waals surface area (Å²) in [5.41, 5.74) is 2.13. The number of nitrogens with zero attached hydrogens (tertiary/aromatic N) is 1. The van der Waals surface area contributed by atoms with E-state index in [0.29, 0.717) is 28.7 Å². The lowest BCUT2D eigenvalue weighted by Crippen LogP contribution is -2.24. The van der Waals surface area contributed by atoms with Gasteiger partial charge >= 0.3 is 0 Å².